The van der Waals surface area contributed by atoms with Gasteiger partial charge in [-0.25, -0.2) is 4.98 Å². The molecule has 6 heteroatoms. The third-order valence-corrected chi connectivity index (χ3v) is 4.35. The second-order valence-corrected chi connectivity index (χ2v) is 5.83. The van der Waals surface area contributed by atoms with Gasteiger partial charge in [0.15, 0.2) is 0 Å². The van der Waals surface area contributed by atoms with Crippen LogP contribution in [0.25, 0.3) is 10.2 Å². The lowest BCUT2D eigenvalue weighted by atomic mass is 10.1. The summed E-state index contributed by atoms with van der Waals surface area (Å²) in [6.45, 7) is 1.53. The van der Waals surface area contributed by atoms with E-state index >= 15 is 0 Å². The standard InChI is InChI=1S/C12H15N3O2S/c16-7-12(2-3-12)6-13-5-9-14-8-1-4-18-10(8)11(17)15-9/h1,4,13,16H,2-3,5-7H2,(H,14,15,17). The average molecular weight is 265 g/mol. The van der Waals surface area contributed by atoms with E-state index in [-0.39, 0.29) is 17.6 Å². The van der Waals surface area contributed by atoms with Crippen LogP contribution in [-0.4, -0.2) is 28.2 Å². The first-order chi connectivity index (χ1) is 8.72. The van der Waals surface area contributed by atoms with Crippen LogP contribution in [0, 0.1) is 5.41 Å². The fourth-order valence-corrected chi connectivity index (χ4v) is 2.74. The summed E-state index contributed by atoms with van der Waals surface area (Å²) >= 11 is 1.40. The third-order valence-electron chi connectivity index (χ3n) is 3.45. The second-order valence-electron chi connectivity index (χ2n) is 4.91. The Bertz CT molecular complexity index is 615. The van der Waals surface area contributed by atoms with Crippen LogP contribution in [0.15, 0.2) is 16.2 Å². The maximum Gasteiger partial charge on any atom is 0.268 e. The molecule has 0 unspecified atom stereocenters. The van der Waals surface area contributed by atoms with Crippen LogP contribution in [0.3, 0.4) is 0 Å². The molecule has 0 saturated heterocycles. The molecule has 3 N–H and O–H groups in total. The highest BCUT2D eigenvalue weighted by atomic mass is 32.1. The number of aromatic nitrogens is 2. The summed E-state index contributed by atoms with van der Waals surface area (Å²) in [6, 6.07) is 1.86. The predicted octanol–water partition coefficient (Wildman–Crippen LogP) is 0.847. The summed E-state index contributed by atoms with van der Waals surface area (Å²) in [5.41, 5.74) is 0.756. The Hall–Kier alpha value is -1.24. The molecule has 1 fully saturated rings. The number of nitrogens with zero attached hydrogens (tertiary/aromatic N) is 1. The van der Waals surface area contributed by atoms with Gasteiger partial charge in [0, 0.05) is 18.6 Å². The van der Waals surface area contributed by atoms with Gasteiger partial charge in [-0.15, -0.1) is 11.3 Å². The van der Waals surface area contributed by atoms with Gasteiger partial charge in [-0.2, -0.15) is 0 Å². The first kappa shape index (κ1) is 11.8. The number of rotatable bonds is 5. The first-order valence-corrected chi connectivity index (χ1v) is 6.88. The number of thiophene rings is 1. The molecule has 3 rings (SSSR count). The lowest BCUT2D eigenvalue weighted by Gasteiger charge is -2.12. The Labute approximate surface area is 108 Å². The van der Waals surface area contributed by atoms with E-state index in [9.17, 15) is 9.90 Å². The Morgan fingerprint density at radius 2 is 2.39 bits per heavy atom. The summed E-state index contributed by atoms with van der Waals surface area (Å²) < 4.78 is 0.674. The van der Waals surface area contributed by atoms with Gasteiger partial charge in [0.1, 0.15) is 10.5 Å². The molecule has 2 heterocycles. The summed E-state index contributed by atoms with van der Waals surface area (Å²) in [6.07, 6.45) is 2.15. The highest BCUT2D eigenvalue weighted by molar-refractivity contribution is 7.17. The molecule has 0 atom stereocenters. The fraction of sp³-hybridized carbons (Fsp3) is 0.500. The number of aromatic amines is 1. The van der Waals surface area contributed by atoms with Crippen molar-refractivity contribution in [1.82, 2.24) is 15.3 Å². The van der Waals surface area contributed by atoms with Crippen LogP contribution < -0.4 is 10.9 Å². The van der Waals surface area contributed by atoms with Crippen molar-refractivity contribution in [2.24, 2.45) is 5.41 Å². The second kappa shape index (κ2) is 4.46. The summed E-state index contributed by atoms with van der Waals surface area (Å²) in [7, 11) is 0. The van der Waals surface area contributed by atoms with E-state index in [1.54, 1.807) is 0 Å². The maximum atomic E-state index is 11.7. The van der Waals surface area contributed by atoms with Crippen LogP contribution in [0.5, 0.6) is 0 Å². The zero-order valence-corrected chi connectivity index (χ0v) is 10.7. The fourth-order valence-electron chi connectivity index (χ4n) is 2.02. The molecule has 0 amide bonds. The van der Waals surface area contributed by atoms with Crippen LogP contribution in [0.2, 0.25) is 0 Å². The number of hydrogen-bond donors (Lipinski definition) is 3. The Balaban J connectivity index is 1.69. The number of aliphatic hydroxyl groups excluding tert-OH is 1. The minimum Gasteiger partial charge on any atom is -0.396 e. The molecule has 0 radical (unpaired) electrons. The van der Waals surface area contributed by atoms with Crippen molar-refractivity contribution >= 4 is 21.6 Å². The smallest absolute Gasteiger partial charge is 0.268 e. The van der Waals surface area contributed by atoms with Gasteiger partial charge < -0.3 is 15.4 Å². The van der Waals surface area contributed by atoms with Crippen molar-refractivity contribution in [1.29, 1.82) is 0 Å². The van der Waals surface area contributed by atoms with Crippen molar-refractivity contribution in [2.75, 3.05) is 13.2 Å². The van der Waals surface area contributed by atoms with Gasteiger partial charge in [-0.1, -0.05) is 0 Å². The van der Waals surface area contributed by atoms with Gasteiger partial charge in [-0.05, 0) is 24.3 Å². The lowest BCUT2D eigenvalue weighted by molar-refractivity contribution is 0.207. The largest absolute Gasteiger partial charge is 0.396 e. The Morgan fingerprint density at radius 3 is 3.11 bits per heavy atom. The number of hydrogen-bond acceptors (Lipinski definition) is 5. The Kier molecular flexibility index (Phi) is 2.93. The molecule has 2 aromatic rings. The van der Waals surface area contributed by atoms with E-state index in [4.69, 9.17) is 0 Å². The zero-order chi connectivity index (χ0) is 12.6. The van der Waals surface area contributed by atoms with Crippen molar-refractivity contribution in [3.05, 3.63) is 27.6 Å². The molecular weight excluding hydrogens is 250 g/mol. The van der Waals surface area contributed by atoms with Crippen LogP contribution in [0.1, 0.15) is 18.7 Å². The van der Waals surface area contributed by atoms with Gasteiger partial charge in [-0.3, -0.25) is 4.79 Å². The molecule has 5 nitrogen and oxygen atoms in total. The third kappa shape index (κ3) is 2.19. The molecule has 1 aliphatic rings. The topological polar surface area (TPSA) is 78.0 Å². The minimum atomic E-state index is -0.0740. The molecular formula is C12H15N3O2S. The molecule has 1 saturated carbocycles. The number of nitrogens with one attached hydrogen (secondary N) is 2. The zero-order valence-electron chi connectivity index (χ0n) is 9.90. The monoisotopic (exact) mass is 265 g/mol. The Morgan fingerprint density at radius 1 is 1.56 bits per heavy atom. The summed E-state index contributed by atoms with van der Waals surface area (Å²) in [4.78, 5) is 18.9. The quantitative estimate of drug-likeness (QED) is 0.749. The van der Waals surface area contributed by atoms with Crippen LogP contribution in [-0.2, 0) is 6.54 Å². The molecule has 0 spiro atoms. The van der Waals surface area contributed by atoms with Crippen molar-refractivity contribution in [3.8, 4) is 0 Å². The van der Waals surface area contributed by atoms with Crippen LogP contribution in [0.4, 0.5) is 0 Å². The van der Waals surface area contributed by atoms with E-state index in [0.717, 1.165) is 24.9 Å². The highest BCUT2D eigenvalue weighted by Crippen LogP contribution is 2.44. The van der Waals surface area contributed by atoms with Crippen LogP contribution >= 0.6 is 11.3 Å². The van der Waals surface area contributed by atoms with E-state index in [2.05, 4.69) is 15.3 Å². The van der Waals surface area contributed by atoms with Gasteiger partial charge >= 0.3 is 0 Å². The molecule has 0 aromatic carbocycles. The molecule has 96 valence electrons. The van der Waals surface area contributed by atoms with Crippen molar-refractivity contribution in [3.63, 3.8) is 0 Å². The molecule has 0 bridgehead atoms. The predicted molar refractivity (Wildman–Crippen MR) is 70.7 cm³/mol. The molecule has 1 aliphatic carbocycles. The van der Waals surface area contributed by atoms with Gasteiger partial charge in [0.05, 0.1) is 12.1 Å². The van der Waals surface area contributed by atoms with E-state index in [1.807, 2.05) is 11.4 Å². The van der Waals surface area contributed by atoms with E-state index in [0.29, 0.717) is 17.1 Å². The molecule has 18 heavy (non-hydrogen) atoms. The number of aliphatic hydroxyl groups is 1. The summed E-state index contributed by atoms with van der Waals surface area (Å²) in [5, 5.41) is 14.3. The van der Waals surface area contributed by atoms with Crippen molar-refractivity contribution < 1.29 is 5.11 Å². The van der Waals surface area contributed by atoms with Gasteiger partial charge in [0.25, 0.3) is 5.56 Å². The lowest BCUT2D eigenvalue weighted by Crippen LogP contribution is -2.27. The maximum absolute atomic E-state index is 11.7. The molecule has 2 aromatic heterocycles. The van der Waals surface area contributed by atoms with E-state index in [1.165, 1.54) is 11.3 Å². The minimum absolute atomic E-state index is 0.0740. The first-order valence-electron chi connectivity index (χ1n) is 6.00. The van der Waals surface area contributed by atoms with E-state index < -0.39 is 0 Å². The normalized spacial score (nSPS) is 17.2. The highest BCUT2D eigenvalue weighted by Gasteiger charge is 2.41. The van der Waals surface area contributed by atoms with Gasteiger partial charge in [0.2, 0.25) is 0 Å². The average Bonchev–Trinajstić information content (AvgIpc) is 2.97. The number of H-pyrrole nitrogens is 1. The molecule has 0 aliphatic heterocycles. The SMILES string of the molecule is O=c1[nH]c(CNCC2(CO)CC2)nc2ccsc12. The summed E-state index contributed by atoms with van der Waals surface area (Å²) in [5.74, 6) is 0.652. The van der Waals surface area contributed by atoms with Crippen molar-refractivity contribution in [2.45, 2.75) is 19.4 Å². The number of fused-ring (bicyclic) bond motifs is 1.